The number of aromatic nitrogens is 3. The van der Waals surface area contributed by atoms with Crippen LogP contribution in [0.1, 0.15) is 29.2 Å². The minimum Gasteiger partial charge on any atom is -0.348 e. The summed E-state index contributed by atoms with van der Waals surface area (Å²) in [7, 11) is 1.80. The zero-order chi connectivity index (χ0) is 13.9. The molecule has 0 saturated carbocycles. The molecule has 0 unspecified atom stereocenters. The molecular weight excluding hydrogens is 274 g/mol. The molecule has 20 heavy (non-hydrogen) atoms. The van der Waals surface area contributed by atoms with Crippen molar-refractivity contribution < 1.29 is 4.79 Å². The van der Waals surface area contributed by atoms with E-state index in [1.165, 1.54) is 12.8 Å². The van der Waals surface area contributed by atoms with Gasteiger partial charge in [0.15, 0.2) is 11.0 Å². The summed E-state index contributed by atoms with van der Waals surface area (Å²) in [6, 6.07) is 0. The highest BCUT2D eigenvalue weighted by Gasteiger charge is 2.16. The molecule has 2 aromatic heterocycles. The number of hydrogen-bond donors (Lipinski definition) is 1. The Bertz CT molecular complexity index is 599. The van der Waals surface area contributed by atoms with Gasteiger partial charge in [0.1, 0.15) is 0 Å². The SMILES string of the molecule is Cn1ccnc1C(=O)NCc1csc(N2CCCC2)n1. The molecule has 0 radical (unpaired) electrons. The van der Waals surface area contributed by atoms with Crippen LogP contribution >= 0.6 is 11.3 Å². The van der Waals surface area contributed by atoms with Gasteiger partial charge in [-0.3, -0.25) is 4.79 Å². The highest BCUT2D eigenvalue weighted by Crippen LogP contribution is 2.24. The van der Waals surface area contributed by atoms with Crippen molar-refractivity contribution in [2.24, 2.45) is 7.05 Å². The van der Waals surface area contributed by atoms with E-state index in [4.69, 9.17) is 0 Å². The van der Waals surface area contributed by atoms with Crippen molar-refractivity contribution in [3.8, 4) is 0 Å². The second kappa shape index (κ2) is 5.62. The molecule has 0 spiro atoms. The van der Waals surface area contributed by atoms with E-state index in [9.17, 15) is 4.79 Å². The van der Waals surface area contributed by atoms with Crippen LogP contribution in [0.4, 0.5) is 5.13 Å². The first-order chi connectivity index (χ1) is 9.74. The summed E-state index contributed by atoms with van der Waals surface area (Å²) in [5.41, 5.74) is 0.902. The van der Waals surface area contributed by atoms with Crippen LogP contribution in [0.2, 0.25) is 0 Å². The Labute approximate surface area is 121 Å². The molecule has 0 aliphatic carbocycles. The maximum absolute atomic E-state index is 11.9. The van der Waals surface area contributed by atoms with Crippen LogP contribution in [0.3, 0.4) is 0 Å². The number of hydrogen-bond acceptors (Lipinski definition) is 5. The van der Waals surface area contributed by atoms with Gasteiger partial charge in [0.2, 0.25) is 0 Å². The fourth-order valence-electron chi connectivity index (χ4n) is 2.27. The zero-order valence-electron chi connectivity index (χ0n) is 11.4. The molecule has 1 fully saturated rings. The summed E-state index contributed by atoms with van der Waals surface area (Å²) in [5, 5.41) is 5.91. The molecule has 106 valence electrons. The predicted molar refractivity (Wildman–Crippen MR) is 77.9 cm³/mol. The highest BCUT2D eigenvalue weighted by molar-refractivity contribution is 7.13. The molecule has 0 aromatic carbocycles. The molecule has 3 rings (SSSR count). The molecule has 0 atom stereocenters. The zero-order valence-corrected chi connectivity index (χ0v) is 12.2. The molecule has 3 heterocycles. The lowest BCUT2D eigenvalue weighted by Gasteiger charge is -2.12. The van der Waals surface area contributed by atoms with E-state index < -0.39 is 0 Å². The predicted octanol–water partition coefficient (Wildman–Crippen LogP) is 1.41. The van der Waals surface area contributed by atoms with Crippen molar-refractivity contribution in [1.82, 2.24) is 19.9 Å². The van der Waals surface area contributed by atoms with Crippen LogP contribution in [0.5, 0.6) is 0 Å². The van der Waals surface area contributed by atoms with E-state index in [2.05, 4.69) is 20.2 Å². The number of nitrogens with zero attached hydrogens (tertiary/aromatic N) is 4. The Morgan fingerprint density at radius 1 is 1.45 bits per heavy atom. The number of aryl methyl sites for hydroxylation is 1. The number of thiazole rings is 1. The van der Waals surface area contributed by atoms with E-state index >= 15 is 0 Å². The lowest BCUT2D eigenvalue weighted by Crippen LogP contribution is -2.26. The summed E-state index contributed by atoms with van der Waals surface area (Å²) in [4.78, 5) is 22.8. The van der Waals surface area contributed by atoms with Crippen molar-refractivity contribution >= 4 is 22.4 Å². The van der Waals surface area contributed by atoms with E-state index in [0.717, 1.165) is 23.9 Å². The molecule has 2 aromatic rings. The lowest BCUT2D eigenvalue weighted by molar-refractivity contribution is 0.0937. The van der Waals surface area contributed by atoms with Crippen LogP contribution < -0.4 is 10.2 Å². The van der Waals surface area contributed by atoms with Gasteiger partial charge in [-0.25, -0.2) is 9.97 Å². The summed E-state index contributed by atoms with van der Waals surface area (Å²) in [6.07, 6.45) is 5.85. The largest absolute Gasteiger partial charge is 0.348 e. The average Bonchev–Trinajstić information content (AvgIpc) is 3.16. The first-order valence-corrected chi connectivity index (χ1v) is 7.57. The van der Waals surface area contributed by atoms with Crippen LogP contribution in [0.25, 0.3) is 0 Å². The summed E-state index contributed by atoms with van der Waals surface area (Å²) < 4.78 is 1.70. The number of amides is 1. The maximum atomic E-state index is 11.9. The minimum atomic E-state index is -0.173. The van der Waals surface area contributed by atoms with Gasteiger partial charge < -0.3 is 14.8 Å². The fraction of sp³-hybridized carbons (Fsp3) is 0.462. The Morgan fingerprint density at radius 2 is 2.25 bits per heavy atom. The second-order valence-corrected chi connectivity index (χ2v) is 5.70. The Morgan fingerprint density at radius 3 is 2.95 bits per heavy atom. The minimum absolute atomic E-state index is 0.173. The molecule has 7 heteroatoms. The van der Waals surface area contributed by atoms with Gasteiger partial charge in [-0.1, -0.05) is 0 Å². The molecule has 0 bridgehead atoms. The smallest absolute Gasteiger partial charge is 0.287 e. The second-order valence-electron chi connectivity index (χ2n) is 4.86. The topological polar surface area (TPSA) is 63.1 Å². The third kappa shape index (κ3) is 2.67. The Kier molecular flexibility index (Phi) is 3.68. The number of carbonyl (C=O) groups excluding carboxylic acids is 1. The van der Waals surface area contributed by atoms with Gasteiger partial charge in [-0.05, 0) is 12.8 Å². The van der Waals surface area contributed by atoms with Crippen molar-refractivity contribution in [1.29, 1.82) is 0 Å². The van der Waals surface area contributed by atoms with Gasteiger partial charge >= 0.3 is 0 Å². The quantitative estimate of drug-likeness (QED) is 0.925. The number of anilines is 1. The molecule has 1 N–H and O–H groups in total. The van der Waals surface area contributed by atoms with Gasteiger partial charge in [0.05, 0.1) is 12.2 Å². The number of imidazole rings is 1. The summed E-state index contributed by atoms with van der Waals surface area (Å²) in [5.74, 6) is 0.244. The van der Waals surface area contributed by atoms with Crippen LogP contribution in [0.15, 0.2) is 17.8 Å². The molecule has 1 aliphatic heterocycles. The van der Waals surface area contributed by atoms with E-state index in [1.807, 2.05) is 5.38 Å². The van der Waals surface area contributed by atoms with Crippen molar-refractivity contribution in [2.45, 2.75) is 19.4 Å². The van der Waals surface area contributed by atoms with E-state index in [-0.39, 0.29) is 5.91 Å². The van der Waals surface area contributed by atoms with Gasteiger partial charge in [-0.2, -0.15) is 0 Å². The number of nitrogens with one attached hydrogen (secondary N) is 1. The Hall–Kier alpha value is -1.89. The molecule has 1 aliphatic rings. The van der Waals surface area contributed by atoms with Crippen molar-refractivity contribution in [3.05, 3.63) is 29.3 Å². The first kappa shape index (κ1) is 13.1. The first-order valence-electron chi connectivity index (χ1n) is 6.69. The van der Waals surface area contributed by atoms with Crippen molar-refractivity contribution in [2.75, 3.05) is 18.0 Å². The average molecular weight is 291 g/mol. The van der Waals surface area contributed by atoms with E-state index in [0.29, 0.717) is 12.4 Å². The molecular formula is C13H17N5OS. The fourth-order valence-corrected chi connectivity index (χ4v) is 3.14. The van der Waals surface area contributed by atoms with Gasteiger partial charge in [-0.15, -0.1) is 11.3 Å². The third-order valence-electron chi connectivity index (χ3n) is 3.37. The third-order valence-corrected chi connectivity index (χ3v) is 4.32. The highest BCUT2D eigenvalue weighted by atomic mass is 32.1. The Balaban J connectivity index is 1.58. The summed E-state index contributed by atoms with van der Waals surface area (Å²) >= 11 is 1.64. The summed E-state index contributed by atoms with van der Waals surface area (Å²) in [6.45, 7) is 2.62. The number of carbonyl (C=O) groups is 1. The maximum Gasteiger partial charge on any atom is 0.287 e. The van der Waals surface area contributed by atoms with Gasteiger partial charge in [0.25, 0.3) is 5.91 Å². The molecule has 1 amide bonds. The lowest BCUT2D eigenvalue weighted by atomic mass is 10.4. The normalized spacial score (nSPS) is 14.8. The van der Waals surface area contributed by atoms with Crippen LogP contribution in [-0.2, 0) is 13.6 Å². The van der Waals surface area contributed by atoms with Gasteiger partial charge in [0, 0.05) is 37.9 Å². The van der Waals surface area contributed by atoms with Crippen molar-refractivity contribution in [3.63, 3.8) is 0 Å². The van der Waals surface area contributed by atoms with Crippen LogP contribution in [-0.4, -0.2) is 33.5 Å². The molecule has 6 nitrogen and oxygen atoms in total. The standard InChI is InChI=1S/C13H17N5OS/c1-17-7-4-14-11(17)12(19)15-8-10-9-20-13(16-10)18-5-2-3-6-18/h4,7,9H,2-3,5-6,8H2,1H3,(H,15,19). The number of rotatable bonds is 4. The molecule has 1 saturated heterocycles. The van der Waals surface area contributed by atoms with Crippen LogP contribution in [0, 0.1) is 0 Å². The monoisotopic (exact) mass is 291 g/mol. The van der Waals surface area contributed by atoms with E-state index in [1.54, 1.807) is 35.3 Å².